The standard InChI is InChI=1S/C19H19ClN4O3.C17H15ClN4O2.C15H11Cl2N3O2.2CH4/c1-25-12-27-15-4-2-3-13(9-15)17-18-16(10-14(20)11-21-18)22-19(23-17)24-5-7-26-8-6-24;18-12-9-14-16(19-10-12)15(11-2-1-3-13(23)8-11)21-17(20-14)22-4-6-24-7-5-22;1-21-8-22-11-4-2-3-9(5-11)13-14-12(19-15(17)20-13)6-10(16)7-18-14;;/h2-4,9-11H,5-8,12H2,1H3;1-3,8-10,23H,4-7H2;2-7H,8H2,1H3;2*1H4. The first-order chi connectivity index (χ1) is 35.6. The Morgan fingerprint density at radius 1 is 0.493 bits per heavy atom. The lowest BCUT2D eigenvalue weighted by Gasteiger charge is -2.27. The Morgan fingerprint density at radius 2 is 0.880 bits per heavy atom. The molecule has 0 aliphatic carbocycles. The first kappa shape index (κ1) is 55.9. The van der Waals surface area contributed by atoms with Crippen LogP contribution in [-0.2, 0) is 18.9 Å². The van der Waals surface area contributed by atoms with Crippen LogP contribution in [0.5, 0.6) is 17.2 Å². The van der Waals surface area contributed by atoms with E-state index in [0.29, 0.717) is 109 Å². The van der Waals surface area contributed by atoms with E-state index < -0.39 is 0 Å². The van der Waals surface area contributed by atoms with E-state index in [1.165, 1.54) is 0 Å². The molecule has 18 nitrogen and oxygen atoms in total. The summed E-state index contributed by atoms with van der Waals surface area (Å²) in [5.41, 5.74) is 8.47. The second-order valence-electron chi connectivity index (χ2n) is 16.1. The summed E-state index contributed by atoms with van der Waals surface area (Å²) in [4.78, 5) is 44.6. The Morgan fingerprint density at radius 3 is 1.29 bits per heavy atom. The number of phenols is 1. The highest BCUT2D eigenvalue weighted by Gasteiger charge is 2.21. The van der Waals surface area contributed by atoms with Gasteiger partial charge in [-0.25, -0.2) is 29.9 Å². The van der Waals surface area contributed by atoms with E-state index in [9.17, 15) is 5.11 Å². The lowest BCUT2D eigenvalue weighted by molar-refractivity contribution is 0.0510. The van der Waals surface area contributed by atoms with E-state index in [2.05, 4.69) is 44.7 Å². The molecule has 75 heavy (non-hydrogen) atoms. The van der Waals surface area contributed by atoms with Gasteiger partial charge in [0.25, 0.3) is 0 Å². The van der Waals surface area contributed by atoms with Crippen LogP contribution in [0.15, 0.2) is 110 Å². The van der Waals surface area contributed by atoms with Crippen LogP contribution in [-0.4, -0.2) is 130 Å². The number of ether oxygens (including phenoxy) is 6. The normalized spacial score (nSPS) is 13.2. The van der Waals surface area contributed by atoms with E-state index in [0.717, 1.165) is 48.6 Å². The summed E-state index contributed by atoms with van der Waals surface area (Å²) < 4.78 is 31.7. The number of rotatable bonds is 11. The minimum atomic E-state index is 0. The van der Waals surface area contributed by atoms with Gasteiger partial charge in [-0.3, -0.25) is 15.0 Å². The SMILES string of the molecule is C.C.COCOc1cccc(-c2nc(Cl)nc3cc(Cl)cnc23)c1.COCOc1cccc(-c2nc(N3CCOCC3)nc3cc(Cl)cnc23)c1.Oc1cccc(-c2nc(N3CCOCC3)nc3cc(Cl)cnc23)c1. The number of halogens is 4. The van der Waals surface area contributed by atoms with Crippen molar-refractivity contribution in [1.29, 1.82) is 0 Å². The zero-order valence-corrected chi connectivity index (χ0v) is 42.3. The number of nitrogens with zero attached hydrogens (tertiary/aromatic N) is 11. The average molecular weight is 1100 g/mol. The van der Waals surface area contributed by atoms with Gasteiger partial charge in [-0.2, -0.15) is 0 Å². The number of aromatic hydroxyl groups is 1. The van der Waals surface area contributed by atoms with Crippen LogP contribution in [0.25, 0.3) is 66.9 Å². The van der Waals surface area contributed by atoms with Crippen LogP contribution in [0.2, 0.25) is 20.4 Å². The third-order valence-corrected chi connectivity index (χ3v) is 11.9. The second kappa shape index (κ2) is 26.6. The molecular formula is C53H53Cl4N11O7. The molecular weight excluding hydrogens is 1040 g/mol. The minimum absolute atomic E-state index is 0. The molecule has 8 heterocycles. The van der Waals surface area contributed by atoms with Gasteiger partial charge in [0.05, 0.1) is 58.0 Å². The number of benzene rings is 3. The number of morpholine rings is 2. The Kier molecular flexibility index (Phi) is 19.8. The predicted molar refractivity (Wildman–Crippen MR) is 295 cm³/mol. The fraction of sp³-hybridized carbons (Fsp3) is 0.264. The monoisotopic (exact) mass is 1100 g/mol. The largest absolute Gasteiger partial charge is 0.508 e. The van der Waals surface area contributed by atoms with E-state index in [4.69, 9.17) is 84.8 Å². The van der Waals surface area contributed by atoms with Crippen molar-refractivity contribution in [2.24, 2.45) is 0 Å². The van der Waals surface area contributed by atoms with Crippen molar-refractivity contribution in [2.45, 2.75) is 14.9 Å². The molecule has 0 unspecified atom stereocenters. The topological polar surface area (TPSA) is 198 Å². The lowest BCUT2D eigenvalue weighted by atomic mass is 10.1. The molecule has 3 aromatic carbocycles. The number of phenolic OH excluding ortho intramolecular Hbond substituents is 1. The van der Waals surface area contributed by atoms with Crippen LogP contribution >= 0.6 is 46.4 Å². The molecule has 2 fully saturated rings. The Labute approximate surface area is 453 Å². The van der Waals surface area contributed by atoms with Crippen molar-refractivity contribution in [3.63, 3.8) is 0 Å². The molecule has 6 aromatic heterocycles. The number of fused-ring (bicyclic) bond motifs is 3. The maximum Gasteiger partial charge on any atom is 0.226 e. The number of methoxy groups -OCH3 is 2. The molecule has 0 bridgehead atoms. The van der Waals surface area contributed by atoms with Crippen molar-refractivity contribution in [3.8, 4) is 51.0 Å². The first-order valence-electron chi connectivity index (χ1n) is 22.7. The highest BCUT2D eigenvalue weighted by atomic mass is 35.5. The number of anilines is 2. The van der Waals surface area contributed by atoms with Crippen LogP contribution in [0.4, 0.5) is 11.9 Å². The van der Waals surface area contributed by atoms with Crippen molar-refractivity contribution in [3.05, 3.63) is 130 Å². The number of hydrogen-bond donors (Lipinski definition) is 1. The number of pyridine rings is 3. The van der Waals surface area contributed by atoms with Gasteiger partial charge >= 0.3 is 0 Å². The minimum Gasteiger partial charge on any atom is -0.508 e. The van der Waals surface area contributed by atoms with Crippen LogP contribution in [0.3, 0.4) is 0 Å². The highest BCUT2D eigenvalue weighted by molar-refractivity contribution is 6.32. The quantitative estimate of drug-likeness (QED) is 0.0946. The van der Waals surface area contributed by atoms with Crippen LogP contribution in [0, 0.1) is 0 Å². The molecule has 0 spiro atoms. The van der Waals surface area contributed by atoms with E-state index in [1.54, 1.807) is 63.1 Å². The number of hydrogen-bond acceptors (Lipinski definition) is 18. The van der Waals surface area contributed by atoms with Crippen molar-refractivity contribution >= 4 is 91.4 Å². The fourth-order valence-electron chi connectivity index (χ4n) is 7.72. The smallest absolute Gasteiger partial charge is 0.226 e. The summed E-state index contributed by atoms with van der Waals surface area (Å²) in [7, 11) is 3.15. The fourth-order valence-corrected chi connectivity index (χ4v) is 8.35. The third kappa shape index (κ3) is 14.1. The number of aromatic nitrogens is 9. The van der Waals surface area contributed by atoms with E-state index in [-0.39, 0.29) is 39.5 Å². The van der Waals surface area contributed by atoms with Crippen molar-refractivity contribution in [2.75, 3.05) is 90.2 Å². The molecule has 1 N–H and O–H groups in total. The highest BCUT2D eigenvalue weighted by Crippen LogP contribution is 2.33. The van der Waals surface area contributed by atoms with Crippen molar-refractivity contribution < 1.29 is 33.5 Å². The maximum atomic E-state index is 9.80. The summed E-state index contributed by atoms with van der Waals surface area (Å²) in [6.45, 7) is 5.93. The first-order valence-corrected chi connectivity index (χ1v) is 24.2. The molecule has 0 radical (unpaired) electrons. The molecule has 0 saturated carbocycles. The molecule has 9 aromatic rings. The molecule has 390 valence electrons. The zero-order valence-electron chi connectivity index (χ0n) is 39.3. The van der Waals surface area contributed by atoms with Gasteiger partial charge in [0.15, 0.2) is 13.6 Å². The molecule has 2 aliphatic heterocycles. The molecule has 0 atom stereocenters. The summed E-state index contributed by atoms with van der Waals surface area (Å²) in [6.07, 6.45) is 4.74. The van der Waals surface area contributed by atoms with Crippen molar-refractivity contribution in [1.82, 2.24) is 44.9 Å². The van der Waals surface area contributed by atoms with E-state index in [1.807, 2.05) is 60.7 Å². The molecule has 2 aliphatic rings. The molecule has 2 saturated heterocycles. The predicted octanol–water partition coefficient (Wildman–Crippen LogP) is 11.3. The molecule has 22 heteroatoms. The summed E-state index contributed by atoms with van der Waals surface area (Å²) >= 11 is 24.2. The van der Waals surface area contributed by atoms with Gasteiger partial charge in [-0.1, -0.05) is 86.1 Å². The Balaban J connectivity index is 0.000000163. The Hall–Kier alpha value is -6.87. The Bertz CT molecular complexity index is 3370. The average Bonchev–Trinajstić information content (AvgIpc) is 3.41. The zero-order chi connectivity index (χ0) is 50.7. The molecule has 0 amide bonds. The van der Waals surface area contributed by atoms with Gasteiger partial charge in [0.1, 0.15) is 50.9 Å². The van der Waals surface area contributed by atoms with Gasteiger partial charge in [-0.05, 0) is 66.2 Å². The molecule has 11 rings (SSSR count). The third-order valence-electron chi connectivity index (χ3n) is 11.1. The second-order valence-corrected chi connectivity index (χ2v) is 17.7. The summed E-state index contributed by atoms with van der Waals surface area (Å²) in [5, 5.41) is 11.5. The van der Waals surface area contributed by atoms with Crippen LogP contribution < -0.4 is 19.3 Å². The summed E-state index contributed by atoms with van der Waals surface area (Å²) in [6, 6.07) is 27.4. The van der Waals surface area contributed by atoms with Gasteiger partial charge in [-0.15, -0.1) is 0 Å². The van der Waals surface area contributed by atoms with Gasteiger partial charge in [0.2, 0.25) is 17.2 Å². The maximum absolute atomic E-state index is 9.80. The van der Waals surface area contributed by atoms with Crippen LogP contribution in [0.1, 0.15) is 14.9 Å². The van der Waals surface area contributed by atoms with Gasteiger partial charge < -0.3 is 43.3 Å². The summed E-state index contributed by atoms with van der Waals surface area (Å²) in [5.74, 6) is 2.81. The lowest BCUT2D eigenvalue weighted by Crippen LogP contribution is -2.37. The van der Waals surface area contributed by atoms with E-state index >= 15 is 0 Å². The van der Waals surface area contributed by atoms with Gasteiger partial charge in [0, 0.05) is 75.7 Å².